The Hall–Kier alpha value is -4.00. The topological polar surface area (TPSA) is 115 Å². The van der Waals surface area contributed by atoms with Crippen LogP contribution in [0.4, 0.5) is 11.5 Å². The number of aromatic nitrogens is 1. The fraction of sp³-hybridized carbons (Fsp3) is 0.0909. The Morgan fingerprint density at radius 1 is 1.03 bits per heavy atom. The minimum Gasteiger partial charge on any atom is -0.383 e. The lowest BCUT2D eigenvalue weighted by molar-refractivity contribution is -0.118. The lowest BCUT2D eigenvalue weighted by Crippen LogP contribution is -2.27. The van der Waals surface area contributed by atoms with Crippen molar-refractivity contribution in [2.24, 2.45) is 10.8 Å². The van der Waals surface area contributed by atoms with E-state index in [0.717, 1.165) is 5.56 Å². The van der Waals surface area contributed by atoms with Crippen LogP contribution < -0.4 is 16.5 Å². The lowest BCUT2D eigenvalue weighted by Gasteiger charge is -2.17. The van der Waals surface area contributed by atoms with Crippen LogP contribution in [0.5, 0.6) is 0 Å². The number of carbonyl (C=O) groups is 2. The molecule has 1 unspecified atom stereocenters. The van der Waals surface area contributed by atoms with Crippen molar-refractivity contribution >= 4 is 29.0 Å². The van der Waals surface area contributed by atoms with Gasteiger partial charge in [0.2, 0.25) is 0 Å². The van der Waals surface area contributed by atoms with Gasteiger partial charge in [0.25, 0.3) is 11.8 Å². The fourth-order valence-corrected chi connectivity index (χ4v) is 3.50. The molecule has 0 aliphatic carbocycles. The third kappa shape index (κ3) is 3.23. The van der Waals surface area contributed by atoms with Crippen molar-refractivity contribution in [2.75, 3.05) is 10.7 Å². The number of nitrogens with zero attached hydrogens (tertiary/aromatic N) is 3. The quantitative estimate of drug-likeness (QED) is 0.718. The van der Waals surface area contributed by atoms with Gasteiger partial charge in [0.15, 0.2) is 0 Å². The highest BCUT2D eigenvalue weighted by Crippen LogP contribution is 2.34. The number of hydrazone groups is 1. The molecule has 2 heterocycles. The van der Waals surface area contributed by atoms with Gasteiger partial charge in [-0.15, -0.1) is 0 Å². The summed E-state index contributed by atoms with van der Waals surface area (Å²) in [5.74, 6) is -1.60. The van der Waals surface area contributed by atoms with Gasteiger partial charge in [0.05, 0.1) is 22.7 Å². The standard InChI is InChI=1S/C22H19N5O2/c1-13-18(22(29)27(26-13)15-10-6-3-7-11-15)17-12-16(14-8-4-2-5-9-14)19(21(24)28)20(23)25-17/h2-12,18H,1H3,(H2,23,25)(H2,24,28). The van der Waals surface area contributed by atoms with Crippen molar-refractivity contribution in [1.82, 2.24) is 4.98 Å². The van der Waals surface area contributed by atoms with Gasteiger partial charge in [-0.3, -0.25) is 9.59 Å². The number of hydrogen-bond acceptors (Lipinski definition) is 5. The van der Waals surface area contributed by atoms with Crippen LogP contribution in [-0.4, -0.2) is 22.5 Å². The van der Waals surface area contributed by atoms with Gasteiger partial charge in [-0.2, -0.15) is 10.1 Å². The molecule has 2 amide bonds. The summed E-state index contributed by atoms with van der Waals surface area (Å²) in [6.07, 6.45) is 0. The van der Waals surface area contributed by atoms with Crippen LogP contribution in [0, 0.1) is 0 Å². The van der Waals surface area contributed by atoms with Crippen molar-refractivity contribution in [3.8, 4) is 11.1 Å². The highest BCUT2D eigenvalue weighted by Gasteiger charge is 2.37. The Morgan fingerprint density at radius 3 is 2.28 bits per heavy atom. The summed E-state index contributed by atoms with van der Waals surface area (Å²) in [6.45, 7) is 1.77. The summed E-state index contributed by atoms with van der Waals surface area (Å²) < 4.78 is 0. The zero-order valence-corrected chi connectivity index (χ0v) is 15.7. The number of nitrogen functional groups attached to an aromatic ring is 1. The van der Waals surface area contributed by atoms with Crippen LogP contribution in [0.3, 0.4) is 0 Å². The molecule has 29 heavy (non-hydrogen) atoms. The maximum atomic E-state index is 13.1. The number of para-hydroxylation sites is 1. The first-order valence-corrected chi connectivity index (χ1v) is 9.07. The second-order valence-electron chi connectivity index (χ2n) is 6.75. The molecular weight excluding hydrogens is 366 g/mol. The van der Waals surface area contributed by atoms with Crippen LogP contribution in [0.2, 0.25) is 0 Å². The SMILES string of the molecule is CC1=NN(c2ccccc2)C(=O)C1c1cc(-c2ccccc2)c(C(N)=O)c(N)n1. The molecule has 0 spiro atoms. The molecule has 0 saturated heterocycles. The van der Waals surface area contributed by atoms with Crippen LogP contribution in [-0.2, 0) is 4.79 Å². The van der Waals surface area contributed by atoms with E-state index in [1.165, 1.54) is 5.01 Å². The zero-order chi connectivity index (χ0) is 20.5. The van der Waals surface area contributed by atoms with Crippen molar-refractivity contribution < 1.29 is 9.59 Å². The van der Waals surface area contributed by atoms with Gasteiger partial charge >= 0.3 is 0 Å². The Kier molecular flexibility index (Phi) is 4.56. The molecule has 7 heteroatoms. The summed E-state index contributed by atoms with van der Waals surface area (Å²) >= 11 is 0. The molecule has 144 valence electrons. The van der Waals surface area contributed by atoms with E-state index in [1.807, 2.05) is 60.7 Å². The van der Waals surface area contributed by atoms with Crippen molar-refractivity contribution in [1.29, 1.82) is 0 Å². The largest absolute Gasteiger partial charge is 0.383 e. The van der Waals surface area contributed by atoms with E-state index in [9.17, 15) is 9.59 Å². The number of hydrogen-bond donors (Lipinski definition) is 2. The van der Waals surface area contributed by atoms with Crippen LogP contribution in [0.25, 0.3) is 11.1 Å². The first-order valence-electron chi connectivity index (χ1n) is 9.07. The van der Waals surface area contributed by atoms with Gasteiger partial charge in [-0.05, 0) is 36.2 Å². The van der Waals surface area contributed by atoms with E-state index in [1.54, 1.807) is 13.0 Å². The van der Waals surface area contributed by atoms with E-state index < -0.39 is 11.8 Å². The van der Waals surface area contributed by atoms with Gasteiger partial charge in [-0.1, -0.05) is 48.5 Å². The molecule has 4 N–H and O–H groups in total. The van der Waals surface area contributed by atoms with Gasteiger partial charge < -0.3 is 11.5 Å². The maximum Gasteiger partial charge on any atom is 0.262 e. The number of pyridine rings is 1. The first kappa shape index (κ1) is 18.4. The van der Waals surface area contributed by atoms with E-state index in [4.69, 9.17) is 11.5 Å². The Bertz CT molecular complexity index is 1130. The molecule has 0 saturated carbocycles. The van der Waals surface area contributed by atoms with Crippen LogP contribution in [0.1, 0.15) is 28.9 Å². The number of amides is 2. The summed E-state index contributed by atoms with van der Waals surface area (Å²) in [6, 6.07) is 20.1. The first-order chi connectivity index (χ1) is 14.0. The molecule has 1 aliphatic rings. The molecule has 2 aromatic carbocycles. The third-order valence-corrected chi connectivity index (χ3v) is 4.83. The van der Waals surface area contributed by atoms with Gasteiger partial charge in [0, 0.05) is 0 Å². The van der Waals surface area contributed by atoms with Crippen molar-refractivity contribution in [2.45, 2.75) is 12.8 Å². The Morgan fingerprint density at radius 2 is 1.66 bits per heavy atom. The van der Waals surface area contributed by atoms with Gasteiger partial charge in [-0.25, -0.2) is 4.98 Å². The van der Waals surface area contributed by atoms with Gasteiger partial charge in [0.1, 0.15) is 11.7 Å². The molecule has 7 nitrogen and oxygen atoms in total. The van der Waals surface area contributed by atoms with Crippen molar-refractivity contribution in [3.05, 3.63) is 78.0 Å². The number of benzene rings is 2. The zero-order valence-electron chi connectivity index (χ0n) is 15.7. The number of anilines is 2. The normalized spacial score (nSPS) is 16.0. The second-order valence-corrected chi connectivity index (χ2v) is 6.75. The predicted octanol–water partition coefficient (Wildman–Crippen LogP) is 2.94. The summed E-state index contributed by atoms with van der Waals surface area (Å²) in [5, 5.41) is 5.78. The van der Waals surface area contributed by atoms with Crippen LogP contribution >= 0.6 is 0 Å². The number of carbonyl (C=O) groups excluding carboxylic acids is 2. The smallest absolute Gasteiger partial charge is 0.262 e. The fourth-order valence-electron chi connectivity index (χ4n) is 3.50. The average Bonchev–Trinajstić information content (AvgIpc) is 3.02. The minimum absolute atomic E-state index is 0.00684. The van der Waals surface area contributed by atoms with Crippen molar-refractivity contribution in [3.63, 3.8) is 0 Å². The van der Waals surface area contributed by atoms with E-state index >= 15 is 0 Å². The molecule has 0 fully saturated rings. The highest BCUT2D eigenvalue weighted by molar-refractivity contribution is 6.19. The maximum absolute atomic E-state index is 13.1. The molecule has 3 aromatic rings. The summed E-state index contributed by atoms with van der Waals surface area (Å²) in [5.41, 5.74) is 14.8. The molecule has 1 aromatic heterocycles. The molecular formula is C22H19N5O2. The monoisotopic (exact) mass is 385 g/mol. The summed E-state index contributed by atoms with van der Waals surface area (Å²) in [4.78, 5) is 29.5. The second kappa shape index (κ2) is 7.20. The summed E-state index contributed by atoms with van der Waals surface area (Å²) in [7, 11) is 0. The number of nitrogens with two attached hydrogens (primary N) is 2. The van der Waals surface area contributed by atoms with Crippen LogP contribution in [0.15, 0.2) is 71.8 Å². The highest BCUT2D eigenvalue weighted by atomic mass is 16.2. The molecule has 4 rings (SSSR count). The Balaban J connectivity index is 1.82. The minimum atomic E-state index is -0.693. The molecule has 1 aliphatic heterocycles. The third-order valence-electron chi connectivity index (χ3n) is 4.83. The Labute approximate surface area is 167 Å². The van der Waals surface area contributed by atoms with E-state index in [-0.39, 0.29) is 17.3 Å². The predicted molar refractivity (Wildman–Crippen MR) is 112 cm³/mol. The van der Waals surface area contributed by atoms with E-state index in [2.05, 4.69) is 10.1 Å². The number of primary amides is 1. The number of rotatable bonds is 4. The molecule has 0 radical (unpaired) electrons. The lowest BCUT2D eigenvalue weighted by atomic mass is 9.93. The molecule has 0 bridgehead atoms. The van der Waals surface area contributed by atoms with E-state index in [0.29, 0.717) is 22.7 Å². The molecule has 1 atom stereocenters. The average molecular weight is 385 g/mol.